The van der Waals surface area contributed by atoms with Crippen molar-refractivity contribution in [3.8, 4) is 0 Å². The average molecular weight is 277 g/mol. The Hall–Kier alpha value is -1.55. The number of aryl methyl sites for hydroxylation is 1. The third kappa shape index (κ3) is 4.23. The fourth-order valence-electron chi connectivity index (χ4n) is 2.25. The van der Waals surface area contributed by atoms with Crippen molar-refractivity contribution in [3.05, 3.63) is 29.3 Å². The molecule has 0 saturated carbocycles. The fourth-order valence-corrected chi connectivity index (χ4v) is 2.25. The van der Waals surface area contributed by atoms with Crippen LogP contribution in [-0.2, 0) is 0 Å². The number of amides is 1. The van der Waals surface area contributed by atoms with Gasteiger partial charge in [0.15, 0.2) is 0 Å². The Bertz CT molecular complexity index is 469. The second-order valence-electron chi connectivity index (χ2n) is 6.17. The molecule has 0 bridgehead atoms. The quantitative estimate of drug-likeness (QED) is 0.803. The number of nitrogens with two attached hydrogens (primary N) is 2. The van der Waals surface area contributed by atoms with Crippen LogP contribution in [0.25, 0.3) is 0 Å². The second-order valence-corrected chi connectivity index (χ2v) is 6.17. The molecule has 0 aliphatic carbocycles. The summed E-state index contributed by atoms with van der Waals surface area (Å²) < 4.78 is 0. The third-order valence-corrected chi connectivity index (χ3v) is 3.42. The Morgan fingerprint density at radius 1 is 1.35 bits per heavy atom. The van der Waals surface area contributed by atoms with E-state index in [9.17, 15) is 4.79 Å². The van der Waals surface area contributed by atoms with Gasteiger partial charge in [0.05, 0.1) is 5.56 Å². The molecule has 112 valence electrons. The summed E-state index contributed by atoms with van der Waals surface area (Å²) in [5.74, 6) is -0.383. The summed E-state index contributed by atoms with van der Waals surface area (Å²) in [7, 11) is 0. The first-order valence-electron chi connectivity index (χ1n) is 7.16. The van der Waals surface area contributed by atoms with E-state index in [0.717, 1.165) is 30.8 Å². The molecule has 0 unspecified atom stereocenters. The Labute approximate surface area is 122 Å². The molecule has 1 amide bonds. The molecule has 1 aromatic rings. The minimum absolute atomic E-state index is 0.00612. The lowest BCUT2D eigenvalue weighted by Gasteiger charge is -2.34. The molecule has 0 saturated heterocycles. The van der Waals surface area contributed by atoms with E-state index < -0.39 is 0 Å². The highest BCUT2D eigenvalue weighted by Gasteiger charge is 2.22. The molecule has 0 aromatic heterocycles. The van der Waals surface area contributed by atoms with Gasteiger partial charge in [0.1, 0.15) is 0 Å². The summed E-state index contributed by atoms with van der Waals surface area (Å²) in [6.45, 7) is 10.7. The second kappa shape index (κ2) is 6.75. The predicted molar refractivity (Wildman–Crippen MR) is 85.0 cm³/mol. The lowest BCUT2D eigenvalue weighted by molar-refractivity contribution is 0.100. The summed E-state index contributed by atoms with van der Waals surface area (Å²) >= 11 is 0. The van der Waals surface area contributed by atoms with Crippen molar-refractivity contribution in [1.29, 1.82) is 0 Å². The van der Waals surface area contributed by atoms with Crippen LogP contribution in [0.1, 0.15) is 43.1 Å². The molecule has 0 radical (unpaired) electrons. The number of benzene rings is 1. The number of carbonyl (C=O) groups is 1. The lowest BCUT2D eigenvalue weighted by Crippen LogP contribution is -2.40. The molecule has 0 heterocycles. The van der Waals surface area contributed by atoms with E-state index in [-0.39, 0.29) is 11.3 Å². The van der Waals surface area contributed by atoms with Crippen LogP contribution in [0.4, 0.5) is 5.69 Å². The minimum Gasteiger partial charge on any atom is -0.370 e. The van der Waals surface area contributed by atoms with Crippen molar-refractivity contribution >= 4 is 11.6 Å². The highest BCUT2D eigenvalue weighted by Crippen LogP contribution is 2.26. The normalized spacial score (nSPS) is 11.4. The van der Waals surface area contributed by atoms with Crippen molar-refractivity contribution in [3.63, 3.8) is 0 Å². The molecule has 0 aliphatic rings. The zero-order valence-electron chi connectivity index (χ0n) is 13.1. The third-order valence-electron chi connectivity index (χ3n) is 3.42. The van der Waals surface area contributed by atoms with Crippen molar-refractivity contribution in [2.75, 3.05) is 24.5 Å². The highest BCUT2D eigenvalue weighted by molar-refractivity contribution is 5.98. The molecule has 0 aliphatic heterocycles. The first-order chi connectivity index (χ1) is 9.30. The van der Waals surface area contributed by atoms with Gasteiger partial charge in [0.2, 0.25) is 0 Å². The number of anilines is 1. The monoisotopic (exact) mass is 277 g/mol. The predicted octanol–water partition coefficient (Wildman–Crippen LogP) is 2.30. The average Bonchev–Trinajstić information content (AvgIpc) is 2.37. The maximum Gasteiger partial charge on any atom is 0.250 e. The van der Waals surface area contributed by atoms with Crippen LogP contribution >= 0.6 is 0 Å². The molecule has 0 spiro atoms. The molecular weight excluding hydrogens is 250 g/mol. The number of nitrogens with zero attached hydrogens (tertiary/aromatic N) is 1. The molecular formula is C16H27N3O. The first-order valence-corrected chi connectivity index (χ1v) is 7.16. The van der Waals surface area contributed by atoms with E-state index in [1.807, 2.05) is 25.1 Å². The molecule has 20 heavy (non-hydrogen) atoms. The summed E-state index contributed by atoms with van der Waals surface area (Å²) in [5, 5.41) is 0. The van der Waals surface area contributed by atoms with E-state index in [2.05, 4.69) is 25.7 Å². The molecule has 4 heteroatoms. The summed E-state index contributed by atoms with van der Waals surface area (Å²) in [6.07, 6.45) is 1.01. The Kier molecular flexibility index (Phi) is 5.57. The standard InChI is InChI=1S/C16H27N3O/c1-5-8-19(11-16(3,4)10-17)14-9-12(2)6-7-13(14)15(18)20/h6-7,9H,5,8,10-11,17H2,1-4H3,(H2,18,20). The Balaban J connectivity index is 3.20. The van der Waals surface area contributed by atoms with Gasteiger partial charge in [-0.05, 0) is 43.0 Å². The van der Waals surface area contributed by atoms with Crippen molar-refractivity contribution < 1.29 is 4.79 Å². The van der Waals surface area contributed by atoms with Crippen LogP contribution in [-0.4, -0.2) is 25.5 Å². The maximum atomic E-state index is 11.6. The first kappa shape index (κ1) is 16.5. The molecule has 0 fully saturated rings. The van der Waals surface area contributed by atoms with E-state index in [4.69, 9.17) is 11.5 Å². The highest BCUT2D eigenvalue weighted by atomic mass is 16.1. The lowest BCUT2D eigenvalue weighted by atomic mass is 9.92. The summed E-state index contributed by atoms with van der Waals surface area (Å²) in [6, 6.07) is 5.76. The van der Waals surface area contributed by atoms with Crippen LogP contribution in [0.5, 0.6) is 0 Å². The molecule has 1 rings (SSSR count). The number of primary amides is 1. The molecule has 4 N–H and O–H groups in total. The number of hydrogen-bond donors (Lipinski definition) is 2. The van der Waals surface area contributed by atoms with Crippen LogP contribution < -0.4 is 16.4 Å². The van der Waals surface area contributed by atoms with Crippen LogP contribution in [0.15, 0.2) is 18.2 Å². The number of rotatable bonds is 7. The van der Waals surface area contributed by atoms with E-state index >= 15 is 0 Å². The topological polar surface area (TPSA) is 72.3 Å². The van der Waals surface area contributed by atoms with E-state index in [1.165, 1.54) is 0 Å². The van der Waals surface area contributed by atoms with Gasteiger partial charge in [-0.15, -0.1) is 0 Å². The van der Waals surface area contributed by atoms with Gasteiger partial charge in [0, 0.05) is 18.8 Å². The zero-order valence-corrected chi connectivity index (χ0v) is 13.1. The largest absolute Gasteiger partial charge is 0.370 e. The molecule has 1 aromatic carbocycles. The molecule has 0 atom stereocenters. The van der Waals surface area contributed by atoms with Crippen molar-refractivity contribution in [2.24, 2.45) is 16.9 Å². The smallest absolute Gasteiger partial charge is 0.250 e. The van der Waals surface area contributed by atoms with Gasteiger partial charge in [-0.25, -0.2) is 0 Å². The van der Waals surface area contributed by atoms with Gasteiger partial charge in [0.25, 0.3) is 5.91 Å². The zero-order chi connectivity index (χ0) is 15.3. The van der Waals surface area contributed by atoms with Crippen LogP contribution in [0.3, 0.4) is 0 Å². The fraction of sp³-hybridized carbons (Fsp3) is 0.562. The maximum absolute atomic E-state index is 11.6. The molecule has 4 nitrogen and oxygen atoms in total. The van der Waals surface area contributed by atoms with Gasteiger partial charge in [-0.3, -0.25) is 4.79 Å². The van der Waals surface area contributed by atoms with E-state index in [1.54, 1.807) is 0 Å². The van der Waals surface area contributed by atoms with Gasteiger partial charge >= 0.3 is 0 Å². The van der Waals surface area contributed by atoms with Gasteiger partial charge < -0.3 is 16.4 Å². The Morgan fingerprint density at radius 2 is 2.00 bits per heavy atom. The van der Waals surface area contributed by atoms with Gasteiger partial charge in [-0.2, -0.15) is 0 Å². The Morgan fingerprint density at radius 3 is 2.50 bits per heavy atom. The summed E-state index contributed by atoms with van der Waals surface area (Å²) in [5.41, 5.74) is 14.0. The van der Waals surface area contributed by atoms with E-state index in [0.29, 0.717) is 12.1 Å². The SMILES string of the molecule is CCCN(CC(C)(C)CN)c1cc(C)ccc1C(N)=O. The van der Waals surface area contributed by atoms with Crippen molar-refractivity contribution in [2.45, 2.75) is 34.1 Å². The number of carbonyl (C=O) groups excluding carboxylic acids is 1. The van der Waals surface area contributed by atoms with Crippen LogP contribution in [0, 0.1) is 12.3 Å². The number of hydrogen-bond acceptors (Lipinski definition) is 3. The van der Waals surface area contributed by atoms with Gasteiger partial charge in [-0.1, -0.05) is 26.8 Å². The summed E-state index contributed by atoms with van der Waals surface area (Å²) in [4.78, 5) is 13.9. The van der Waals surface area contributed by atoms with Crippen LogP contribution in [0.2, 0.25) is 0 Å². The van der Waals surface area contributed by atoms with Crippen molar-refractivity contribution in [1.82, 2.24) is 0 Å². The minimum atomic E-state index is -0.383.